The zero-order valence-corrected chi connectivity index (χ0v) is 11.7. The van der Waals surface area contributed by atoms with Crippen LogP contribution in [-0.2, 0) is 6.18 Å². The van der Waals surface area contributed by atoms with E-state index < -0.39 is 17.8 Å². The molecule has 0 aliphatic rings. The molecule has 3 aromatic rings. The van der Waals surface area contributed by atoms with Crippen LogP contribution >= 0.6 is 0 Å². The van der Waals surface area contributed by atoms with Crippen LogP contribution in [0.25, 0.3) is 5.65 Å². The van der Waals surface area contributed by atoms with Gasteiger partial charge in [-0.2, -0.15) is 13.2 Å². The number of rotatable bonds is 4. The Morgan fingerprint density at radius 1 is 1.22 bits per heavy atom. The largest absolute Gasteiger partial charge is 0.416 e. The van der Waals surface area contributed by atoms with Crippen LogP contribution in [0.15, 0.2) is 43.0 Å². The molecule has 2 heterocycles. The van der Waals surface area contributed by atoms with Crippen molar-refractivity contribution in [1.82, 2.24) is 19.6 Å². The molecule has 0 saturated heterocycles. The number of benzene rings is 1. The minimum atomic E-state index is -4.39. The highest BCUT2D eigenvalue weighted by Gasteiger charge is 2.30. The summed E-state index contributed by atoms with van der Waals surface area (Å²) in [5, 5.41) is 20.2. The maximum atomic E-state index is 12.6. The van der Waals surface area contributed by atoms with Crippen molar-refractivity contribution >= 4 is 11.5 Å². The van der Waals surface area contributed by atoms with Gasteiger partial charge in [-0.25, -0.2) is 4.98 Å². The summed E-state index contributed by atoms with van der Waals surface area (Å²) in [4.78, 5) is 4.12. The molecule has 0 fully saturated rings. The Hall–Kier alpha value is -2.68. The predicted molar refractivity (Wildman–Crippen MR) is 75.7 cm³/mol. The third-order valence-corrected chi connectivity index (χ3v) is 3.35. The van der Waals surface area contributed by atoms with Crippen molar-refractivity contribution in [1.29, 1.82) is 0 Å². The van der Waals surface area contributed by atoms with E-state index in [0.29, 0.717) is 17.0 Å². The van der Waals surface area contributed by atoms with Gasteiger partial charge in [-0.3, -0.25) is 4.40 Å². The molecule has 0 saturated carbocycles. The van der Waals surface area contributed by atoms with Crippen molar-refractivity contribution < 1.29 is 18.3 Å². The van der Waals surface area contributed by atoms with Crippen LogP contribution in [0.1, 0.15) is 17.2 Å². The first kappa shape index (κ1) is 15.2. The van der Waals surface area contributed by atoms with Gasteiger partial charge in [-0.05, 0) is 17.7 Å². The van der Waals surface area contributed by atoms with Gasteiger partial charge in [0.25, 0.3) is 0 Å². The lowest BCUT2D eigenvalue weighted by Gasteiger charge is -2.18. The first-order chi connectivity index (χ1) is 11.0. The number of halogens is 3. The number of anilines is 1. The molecule has 2 aromatic heterocycles. The van der Waals surface area contributed by atoms with Crippen LogP contribution in [0, 0.1) is 0 Å². The second kappa shape index (κ2) is 5.84. The number of aliphatic hydroxyl groups is 1. The molecule has 0 spiro atoms. The second-order valence-corrected chi connectivity index (χ2v) is 4.84. The molecule has 9 heteroatoms. The number of hydrogen-bond acceptors (Lipinski definition) is 5. The first-order valence-electron chi connectivity index (χ1n) is 6.68. The minimum Gasteiger partial charge on any atom is -0.394 e. The fourth-order valence-corrected chi connectivity index (χ4v) is 2.16. The predicted octanol–water partition coefficient (Wildman–Crippen LogP) is 2.29. The van der Waals surface area contributed by atoms with E-state index in [2.05, 4.69) is 20.5 Å². The van der Waals surface area contributed by atoms with Gasteiger partial charge in [0.2, 0.25) is 5.65 Å². The van der Waals surface area contributed by atoms with E-state index in [1.54, 1.807) is 10.6 Å². The third-order valence-electron chi connectivity index (χ3n) is 3.35. The molecule has 1 aromatic carbocycles. The molecule has 0 aliphatic heterocycles. The number of nitrogens with zero attached hydrogens (tertiary/aromatic N) is 4. The molecule has 0 aliphatic carbocycles. The van der Waals surface area contributed by atoms with Crippen molar-refractivity contribution in [2.75, 3.05) is 11.9 Å². The van der Waals surface area contributed by atoms with Crippen molar-refractivity contribution in [2.45, 2.75) is 12.2 Å². The maximum Gasteiger partial charge on any atom is 0.416 e. The molecule has 1 atom stereocenters. The highest BCUT2D eigenvalue weighted by Crippen LogP contribution is 2.30. The summed E-state index contributed by atoms with van der Waals surface area (Å²) in [6.07, 6.45) is 0.288. The van der Waals surface area contributed by atoms with Crippen molar-refractivity contribution in [3.8, 4) is 0 Å². The summed E-state index contributed by atoms with van der Waals surface area (Å²) in [6.45, 7) is -0.317. The van der Waals surface area contributed by atoms with Gasteiger partial charge in [0, 0.05) is 12.4 Å². The van der Waals surface area contributed by atoms with Gasteiger partial charge in [0.1, 0.15) is 6.33 Å². The van der Waals surface area contributed by atoms with E-state index in [1.807, 2.05) is 0 Å². The Labute approximate surface area is 128 Å². The molecule has 0 radical (unpaired) electrons. The summed E-state index contributed by atoms with van der Waals surface area (Å²) in [6, 6.07) is 3.98. The molecule has 6 nitrogen and oxygen atoms in total. The highest BCUT2D eigenvalue weighted by atomic mass is 19.4. The quantitative estimate of drug-likeness (QED) is 0.770. The lowest BCUT2D eigenvalue weighted by molar-refractivity contribution is -0.137. The van der Waals surface area contributed by atoms with Gasteiger partial charge < -0.3 is 10.4 Å². The molecular weight excluding hydrogens is 311 g/mol. The number of nitrogens with one attached hydrogen (secondary N) is 1. The minimum absolute atomic E-state index is 0.317. The highest BCUT2D eigenvalue weighted by molar-refractivity contribution is 5.62. The van der Waals surface area contributed by atoms with Gasteiger partial charge in [0.15, 0.2) is 5.82 Å². The number of alkyl halides is 3. The normalized spacial score (nSPS) is 13.2. The summed E-state index contributed by atoms with van der Waals surface area (Å²) in [5.41, 5.74) is 0.220. The first-order valence-corrected chi connectivity index (χ1v) is 6.68. The van der Waals surface area contributed by atoms with Crippen molar-refractivity contribution in [3.63, 3.8) is 0 Å². The molecule has 3 rings (SSSR count). The fraction of sp³-hybridized carbons (Fsp3) is 0.214. The van der Waals surface area contributed by atoms with Crippen LogP contribution in [-0.4, -0.2) is 31.3 Å². The van der Waals surface area contributed by atoms with E-state index in [9.17, 15) is 18.3 Å². The van der Waals surface area contributed by atoms with Gasteiger partial charge in [-0.15, -0.1) is 10.2 Å². The summed E-state index contributed by atoms with van der Waals surface area (Å²) >= 11 is 0. The zero-order valence-electron chi connectivity index (χ0n) is 11.7. The molecule has 1 unspecified atom stereocenters. The zero-order chi connectivity index (χ0) is 16.4. The molecule has 0 bridgehead atoms. The van der Waals surface area contributed by atoms with E-state index in [-0.39, 0.29) is 6.61 Å². The van der Waals surface area contributed by atoms with Crippen LogP contribution < -0.4 is 5.32 Å². The standard InChI is InChI=1S/C14H12F3N5O/c15-14(16,17)10-3-1-9(2-4-10)11(7-23)20-12-13-21-19-8-22(13)6-5-18-12/h1-6,8,11,23H,7H2,(H,18,20). The van der Waals surface area contributed by atoms with Crippen LogP contribution in [0.2, 0.25) is 0 Å². The third kappa shape index (κ3) is 3.09. The average Bonchev–Trinajstić information content (AvgIpc) is 3.01. The number of aliphatic hydroxyl groups excluding tert-OH is 1. The number of fused-ring (bicyclic) bond motifs is 1. The van der Waals surface area contributed by atoms with Gasteiger partial charge in [0.05, 0.1) is 18.2 Å². The van der Waals surface area contributed by atoms with Crippen LogP contribution in [0.4, 0.5) is 19.0 Å². The topological polar surface area (TPSA) is 75.3 Å². The number of aromatic nitrogens is 4. The van der Waals surface area contributed by atoms with E-state index in [0.717, 1.165) is 12.1 Å². The average molecular weight is 323 g/mol. The Morgan fingerprint density at radius 3 is 2.61 bits per heavy atom. The monoisotopic (exact) mass is 323 g/mol. The van der Waals surface area contributed by atoms with Gasteiger partial charge >= 0.3 is 6.18 Å². The smallest absolute Gasteiger partial charge is 0.394 e. The van der Waals surface area contributed by atoms with Crippen LogP contribution in [0.5, 0.6) is 0 Å². The molecule has 120 valence electrons. The maximum absolute atomic E-state index is 12.6. The molecular formula is C14H12F3N5O. The molecule has 2 N–H and O–H groups in total. The van der Waals surface area contributed by atoms with Crippen LogP contribution in [0.3, 0.4) is 0 Å². The van der Waals surface area contributed by atoms with Crippen molar-refractivity contribution in [3.05, 3.63) is 54.1 Å². The lowest BCUT2D eigenvalue weighted by atomic mass is 10.1. The van der Waals surface area contributed by atoms with E-state index in [1.165, 1.54) is 24.7 Å². The molecule has 0 amide bonds. The summed E-state index contributed by atoms with van der Waals surface area (Å²) in [5.74, 6) is 0.379. The van der Waals surface area contributed by atoms with E-state index in [4.69, 9.17) is 0 Å². The Kier molecular flexibility index (Phi) is 3.87. The Balaban J connectivity index is 1.87. The Morgan fingerprint density at radius 2 is 1.96 bits per heavy atom. The van der Waals surface area contributed by atoms with Crippen molar-refractivity contribution in [2.24, 2.45) is 0 Å². The molecule has 23 heavy (non-hydrogen) atoms. The van der Waals surface area contributed by atoms with E-state index >= 15 is 0 Å². The summed E-state index contributed by atoms with van der Waals surface area (Å²) < 4.78 is 39.4. The summed E-state index contributed by atoms with van der Waals surface area (Å²) in [7, 11) is 0. The Bertz CT molecular complexity index is 800. The SMILES string of the molecule is OCC(Nc1nccn2cnnc12)c1ccc(C(F)(F)F)cc1. The fourth-order valence-electron chi connectivity index (χ4n) is 2.16. The second-order valence-electron chi connectivity index (χ2n) is 4.84. The van der Waals surface area contributed by atoms with Gasteiger partial charge in [-0.1, -0.05) is 12.1 Å². The number of hydrogen-bond donors (Lipinski definition) is 2. The lowest BCUT2D eigenvalue weighted by Crippen LogP contribution is -2.17.